The summed E-state index contributed by atoms with van der Waals surface area (Å²) in [6.45, 7) is 0.860. The van der Waals surface area contributed by atoms with Crippen LogP contribution in [0.3, 0.4) is 0 Å². The van der Waals surface area contributed by atoms with E-state index >= 15 is 0 Å². The molecule has 0 saturated heterocycles. The molecule has 1 N–H and O–H groups in total. The zero-order valence-corrected chi connectivity index (χ0v) is 11.0. The van der Waals surface area contributed by atoms with E-state index in [1.807, 2.05) is 48.8 Å². The summed E-state index contributed by atoms with van der Waals surface area (Å²) >= 11 is 0. The molecule has 1 amide bonds. The molecule has 0 radical (unpaired) electrons. The molecule has 0 aliphatic rings. The van der Waals surface area contributed by atoms with Crippen molar-refractivity contribution in [3.8, 4) is 5.75 Å². The lowest BCUT2D eigenvalue weighted by Gasteiger charge is -2.07. The van der Waals surface area contributed by atoms with E-state index in [9.17, 15) is 4.79 Å². The minimum atomic E-state index is 0.0282. The average molecular weight is 258 g/mol. The number of aryl methyl sites for hydroxylation is 1. The quantitative estimate of drug-likeness (QED) is 0.865. The average Bonchev–Trinajstić information content (AvgIpc) is 2.92. The van der Waals surface area contributed by atoms with Crippen molar-refractivity contribution in [1.29, 1.82) is 0 Å². The van der Waals surface area contributed by atoms with Gasteiger partial charge in [0.2, 0.25) is 5.91 Å². The number of nitrogens with one attached hydrogen (secondary N) is 1. The van der Waals surface area contributed by atoms with Gasteiger partial charge in [-0.05, 0) is 30.7 Å². The Bertz CT molecular complexity index is 521. The minimum absolute atomic E-state index is 0.0282. The fourth-order valence-electron chi connectivity index (χ4n) is 1.87. The maximum absolute atomic E-state index is 11.8. The molecule has 2 aromatic rings. The Morgan fingerprint density at radius 3 is 2.79 bits per heavy atom. The number of amides is 1. The van der Waals surface area contributed by atoms with E-state index in [0.29, 0.717) is 6.42 Å². The maximum Gasteiger partial charge on any atom is 0.224 e. The molecule has 4 nitrogen and oxygen atoms in total. The van der Waals surface area contributed by atoms with Crippen molar-refractivity contribution in [3.63, 3.8) is 0 Å². The van der Waals surface area contributed by atoms with Gasteiger partial charge in [0, 0.05) is 37.1 Å². The largest absolute Gasteiger partial charge is 0.497 e. The van der Waals surface area contributed by atoms with Crippen molar-refractivity contribution in [2.45, 2.75) is 19.4 Å². The highest BCUT2D eigenvalue weighted by molar-refractivity contribution is 5.90. The Balaban J connectivity index is 1.77. The van der Waals surface area contributed by atoms with Crippen molar-refractivity contribution in [3.05, 3.63) is 48.8 Å². The summed E-state index contributed by atoms with van der Waals surface area (Å²) in [5.74, 6) is 0.769. The number of anilines is 1. The van der Waals surface area contributed by atoms with E-state index in [4.69, 9.17) is 4.74 Å². The number of nitrogens with zero attached hydrogens (tertiary/aromatic N) is 1. The van der Waals surface area contributed by atoms with Crippen LogP contribution in [0.15, 0.2) is 48.8 Å². The summed E-state index contributed by atoms with van der Waals surface area (Å²) < 4.78 is 7.18. The van der Waals surface area contributed by atoms with Crippen LogP contribution in [0.25, 0.3) is 0 Å². The van der Waals surface area contributed by atoms with Gasteiger partial charge in [0.15, 0.2) is 0 Å². The first-order chi connectivity index (χ1) is 9.28. The number of benzene rings is 1. The fourth-order valence-corrected chi connectivity index (χ4v) is 1.87. The Morgan fingerprint density at radius 2 is 2.05 bits per heavy atom. The second-order valence-electron chi connectivity index (χ2n) is 4.30. The van der Waals surface area contributed by atoms with Crippen LogP contribution in [0, 0.1) is 0 Å². The van der Waals surface area contributed by atoms with Gasteiger partial charge in [0.25, 0.3) is 0 Å². The first kappa shape index (κ1) is 13.2. The number of aromatic nitrogens is 1. The SMILES string of the molecule is COc1cccc(NC(=O)CCCn2cccc2)c1. The summed E-state index contributed by atoms with van der Waals surface area (Å²) in [5, 5.41) is 2.87. The lowest BCUT2D eigenvalue weighted by Crippen LogP contribution is -2.12. The normalized spacial score (nSPS) is 10.2. The molecule has 100 valence electrons. The molecule has 0 bridgehead atoms. The van der Waals surface area contributed by atoms with Gasteiger partial charge in [0.05, 0.1) is 7.11 Å². The molecule has 0 aliphatic carbocycles. The van der Waals surface area contributed by atoms with Crippen molar-refractivity contribution < 1.29 is 9.53 Å². The van der Waals surface area contributed by atoms with Gasteiger partial charge < -0.3 is 14.6 Å². The van der Waals surface area contributed by atoms with Crippen LogP contribution in [0.1, 0.15) is 12.8 Å². The van der Waals surface area contributed by atoms with Crippen LogP contribution in [-0.2, 0) is 11.3 Å². The first-order valence-electron chi connectivity index (χ1n) is 6.32. The van der Waals surface area contributed by atoms with Gasteiger partial charge in [-0.1, -0.05) is 6.07 Å². The van der Waals surface area contributed by atoms with E-state index in [0.717, 1.165) is 24.4 Å². The van der Waals surface area contributed by atoms with Crippen LogP contribution in [0.2, 0.25) is 0 Å². The topological polar surface area (TPSA) is 43.3 Å². The highest BCUT2D eigenvalue weighted by Gasteiger charge is 2.03. The first-order valence-corrected chi connectivity index (χ1v) is 6.32. The summed E-state index contributed by atoms with van der Waals surface area (Å²) in [5.41, 5.74) is 0.769. The smallest absolute Gasteiger partial charge is 0.224 e. The monoisotopic (exact) mass is 258 g/mol. The molecule has 0 atom stereocenters. The van der Waals surface area contributed by atoms with Gasteiger partial charge in [-0.25, -0.2) is 0 Å². The summed E-state index contributed by atoms with van der Waals surface area (Å²) in [4.78, 5) is 11.8. The Morgan fingerprint density at radius 1 is 1.26 bits per heavy atom. The zero-order chi connectivity index (χ0) is 13.5. The predicted octanol–water partition coefficient (Wildman–Crippen LogP) is 2.92. The van der Waals surface area contributed by atoms with Gasteiger partial charge in [-0.15, -0.1) is 0 Å². The minimum Gasteiger partial charge on any atom is -0.497 e. The van der Waals surface area contributed by atoms with Crippen molar-refractivity contribution in [1.82, 2.24) is 4.57 Å². The van der Waals surface area contributed by atoms with Crippen molar-refractivity contribution in [2.75, 3.05) is 12.4 Å². The van der Waals surface area contributed by atoms with Crippen LogP contribution >= 0.6 is 0 Å². The van der Waals surface area contributed by atoms with Crippen molar-refractivity contribution >= 4 is 11.6 Å². The summed E-state index contributed by atoms with van der Waals surface area (Å²) in [7, 11) is 1.61. The van der Waals surface area contributed by atoms with Gasteiger partial charge in [-0.2, -0.15) is 0 Å². The van der Waals surface area contributed by atoms with E-state index in [1.165, 1.54) is 0 Å². The van der Waals surface area contributed by atoms with Gasteiger partial charge >= 0.3 is 0 Å². The Kier molecular flexibility index (Phi) is 4.61. The van der Waals surface area contributed by atoms with Crippen LogP contribution in [0.4, 0.5) is 5.69 Å². The van der Waals surface area contributed by atoms with Crippen LogP contribution < -0.4 is 10.1 Å². The number of carbonyl (C=O) groups is 1. The number of rotatable bonds is 6. The Hall–Kier alpha value is -2.23. The molecule has 2 rings (SSSR count). The summed E-state index contributed by atoms with van der Waals surface area (Å²) in [6, 6.07) is 11.3. The molecule has 1 aromatic heterocycles. The molecule has 1 aromatic carbocycles. The maximum atomic E-state index is 11.8. The molecule has 0 fully saturated rings. The molecular weight excluding hydrogens is 240 g/mol. The molecule has 0 unspecified atom stereocenters. The van der Waals surface area contributed by atoms with E-state index in [1.54, 1.807) is 7.11 Å². The van der Waals surface area contributed by atoms with Crippen LogP contribution in [0.5, 0.6) is 5.75 Å². The predicted molar refractivity (Wildman–Crippen MR) is 75.3 cm³/mol. The van der Waals surface area contributed by atoms with E-state index < -0.39 is 0 Å². The number of hydrogen-bond acceptors (Lipinski definition) is 2. The van der Waals surface area contributed by atoms with Crippen LogP contribution in [-0.4, -0.2) is 17.6 Å². The molecule has 0 aliphatic heterocycles. The zero-order valence-electron chi connectivity index (χ0n) is 11.0. The molecular formula is C15H18N2O2. The fraction of sp³-hybridized carbons (Fsp3) is 0.267. The summed E-state index contributed by atoms with van der Waals surface area (Å²) in [6.07, 6.45) is 5.33. The second kappa shape index (κ2) is 6.64. The Labute approximate surface area is 113 Å². The highest BCUT2D eigenvalue weighted by Crippen LogP contribution is 2.16. The molecule has 0 saturated carbocycles. The lowest BCUT2D eigenvalue weighted by molar-refractivity contribution is -0.116. The number of hydrogen-bond donors (Lipinski definition) is 1. The molecule has 1 heterocycles. The third-order valence-corrected chi connectivity index (χ3v) is 2.84. The highest BCUT2D eigenvalue weighted by atomic mass is 16.5. The van der Waals surface area contributed by atoms with Crippen molar-refractivity contribution in [2.24, 2.45) is 0 Å². The number of ether oxygens (including phenoxy) is 1. The third kappa shape index (κ3) is 4.17. The standard InChI is InChI=1S/C15H18N2O2/c1-19-14-7-4-6-13(12-14)16-15(18)8-5-11-17-9-2-3-10-17/h2-4,6-7,9-10,12H,5,8,11H2,1H3,(H,16,18). The molecule has 4 heteroatoms. The lowest BCUT2D eigenvalue weighted by atomic mass is 10.2. The molecule has 19 heavy (non-hydrogen) atoms. The third-order valence-electron chi connectivity index (χ3n) is 2.84. The van der Waals surface area contributed by atoms with E-state index in [-0.39, 0.29) is 5.91 Å². The van der Waals surface area contributed by atoms with Gasteiger partial charge in [0.1, 0.15) is 5.75 Å². The number of carbonyl (C=O) groups excluding carboxylic acids is 1. The number of methoxy groups -OCH3 is 1. The van der Waals surface area contributed by atoms with E-state index in [2.05, 4.69) is 9.88 Å². The van der Waals surface area contributed by atoms with Gasteiger partial charge in [-0.3, -0.25) is 4.79 Å². The molecule has 0 spiro atoms. The second-order valence-corrected chi connectivity index (χ2v) is 4.30.